The van der Waals surface area contributed by atoms with E-state index in [1.807, 2.05) is 5.38 Å². The molecule has 2 N–H and O–H groups in total. The minimum atomic E-state index is -0.816. The first-order valence-corrected chi connectivity index (χ1v) is 6.03. The van der Waals surface area contributed by atoms with Crippen LogP contribution in [0.25, 0.3) is 0 Å². The summed E-state index contributed by atoms with van der Waals surface area (Å²) < 4.78 is 0. The number of hydrogen-bond acceptors (Lipinski definition) is 4. The molecule has 2 rings (SSSR count). The Morgan fingerprint density at radius 1 is 1.67 bits per heavy atom. The summed E-state index contributed by atoms with van der Waals surface area (Å²) in [6.45, 7) is 1.04. The number of rotatable bonds is 3. The molecule has 1 aromatic heterocycles. The molecule has 1 atom stereocenters. The normalized spacial score (nSPS) is 21.5. The molecule has 5 heteroatoms. The summed E-state index contributed by atoms with van der Waals surface area (Å²) in [4.78, 5) is 14.9. The Morgan fingerprint density at radius 2 is 2.53 bits per heavy atom. The van der Waals surface area contributed by atoms with Crippen LogP contribution >= 0.6 is 11.3 Å². The van der Waals surface area contributed by atoms with Gasteiger partial charge in [-0.3, -0.25) is 4.79 Å². The predicted octanol–water partition coefficient (Wildman–Crippen LogP) is 1.58. The SMILES string of the molecule is O=C(O)Cc1csc(C2CCCCN2)n1. The number of carboxylic acid groups (broad SMARTS) is 1. The van der Waals surface area contributed by atoms with Crippen LogP contribution in [0, 0.1) is 0 Å². The Hall–Kier alpha value is -0.940. The smallest absolute Gasteiger partial charge is 0.309 e. The van der Waals surface area contributed by atoms with Gasteiger partial charge in [0.15, 0.2) is 0 Å². The van der Waals surface area contributed by atoms with E-state index in [2.05, 4.69) is 10.3 Å². The van der Waals surface area contributed by atoms with Crippen LogP contribution in [-0.2, 0) is 11.2 Å². The quantitative estimate of drug-likeness (QED) is 0.821. The molecule has 2 heterocycles. The molecule has 1 fully saturated rings. The van der Waals surface area contributed by atoms with Gasteiger partial charge in [0.2, 0.25) is 0 Å². The highest BCUT2D eigenvalue weighted by atomic mass is 32.1. The lowest BCUT2D eigenvalue weighted by Gasteiger charge is -2.21. The molecule has 0 aromatic carbocycles. The van der Waals surface area contributed by atoms with Crippen LogP contribution in [0.4, 0.5) is 0 Å². The summed E-state index contributed by atoms with van der Waals surface area (Å²) in [6, 6.07) is 0.339. The van der Waals surface area contributed by atoms with Crippen LogP contribution in [0.1, 0.15) is 36.0 Å². The summed E-state index contributed by atoms with van der Waals surface area (Å²) in [5.74, 6) is -0.816. The van der Waals surface area contributed by atoms with Crippen LogP contribution in [0.5, 0.6) is 0 Å². The number of nitrogens with zero attached hydrogens (tertiary/aromatic N) is 1. The van der Waals surface area contributed by atoms with Crippen molar-refractivity contribution < 1.29 is 9.90 Å². The molecule has 4 nitrogen and oxygen atoms in total. The Kier molecular flexibility index (Phi) is 3.33. The first-order chi connectivity index (χ1) is 7.25. The number of nitrogens with one attached hydrogen (secondary N) is 1. The van der Waals surface area contributed by atoms with Crippen LogP contribution < -0.4 is 5.32 Å². The fourth-order valence-corrected chi connectivity index (χ4v) is 2.71. The molecule has 0 aliphatic carbocycles. The van der Waals surface area contributed by atoms with Gasteiger partial charge in [0.1, 0.15) is 5.01 Å². The number of aliphatic carboxylic acids is 1. The van der Waals surface area contributed by atoms with Gasteiger partial charge in [-0.1, -0.05) is 6.42 Å². The number of thiazole rings is 1. The van der Waals surface area contributed by atoms with Gasteiger partial charge in [-0.05, 0) is 19.4 Å². The fraction of sp³-hybridized carbons (Fsp3) is 0.600. The Morgan fingerprint density at radius 3 is 3.20 bits per heavy atom. The molecule has 1 saturated heterocycles. The van der Waals surface area contributed by atoms with Gasteiger partial charge < -0.3 is 10.4 Å². The molecular weight excluding hydrogens is 212 g/mol. The van der Waals surface area contributed by atoms with Crippen molar-refractivity contribution in [3.63, 3.8) is 0 Å². The molecular formula is C10H14N2O2S. The molecule has 0 radical (unpaired) electrons. The van der Waals surface area contributed by atoms with Crippen molar-refractivity contribution in [1.82, 2.24) is 10.3 Å². The van der Waals surface area contributed by atoms with E-state index in [0.717, 1.165) is 18.0 Å². The fourth-order valence-electron chi connectivity index (χ4n) is 1.78. The summed E-state index contributed by atoms with van der Waals surface area (Å²) in [5.41, 5.74) is 0.676. The molecule has 0 spiro atoms. The van der Waals surface area contributed by atoms with E-state index in [4.69, 9.17) is 5.11 Å². The van der Waals surface area contributed by atoms with E-state index in [1.165, 1.54) is 12.8 Å². The first-order valence-electron chi connectivity index (χ1n) is 5.15. The average molecular weight is 226 g/mol. The lowest BCUT2D eigenvalue weighted by atomic mass is 10.1. The molecule has 1 unspecified atom stereocenters. The van der Waals surface area contributed by atoms with Crippen molar-refractivity contribution in [2.45, 2.75) is 31.7 Å². The third kappa shape index (κ3) is 2.76. The van der Waals surface area contributed by atoms with Crippen molar-refractivity contribution >= 4 is 17.3 Å². The van der Waals surface area contributed by atoms with E-state index in [-0.39, 0.29) is 6.42 Å². The van der Waals surface area contributed by atoms with Crippen LogP contribution in [0.3, 0.4) is 0 Å². The molecule has 0 bridgehead atoms. The summed E-state index contributed by atoms with van der Waals surface area (Å²) in [7, 11) is 0. The zero-order chi connectivity index (χ0) is 10.7. The molecule has 0 amide bonds. The second-order valence-electron chi connectivity index (χ2n) is 3.75. The van der Waals surface area contributed by atoms with Crippen molar-refractivity contribution in [3.05, 3.63) is 16.1 Å². The highest BCUT2D eigenvalue weighted by Gasteiger charge is 2.18. The van der Waals surface area contributed by atoms with Gasteiger partial charge in [-0.2, -0.15) is 0 Å². The molecule has 1 aliphatic rings. The second-order valence-corrected chi connectivity index (χ2v) is 4.64. The minimum absolute atomic E-state index is 0.0310. The molecule has 1 aromatic rings. The molecule has 82 valence electrons. The molecule has 15 heavy (non-hydrogen) atoms. The number of carboxylic acids is 1. The molecule has 0 saturated carbocycles. The van der Waals surface area contributed by atoms with Gasteiger partial charge >= 0.3 is 5.97 Å². The van der Waals surface area contributed by atoms with Gasteiger partial charge in [-0.15, -0.1) is 11.3 Å². The Balaban J connectivity index is 2.02. The van der Waals surface area contributed by atoms with E-state index in [1.54, 1.807) is 11.3 Å². The lowest BCUT2D eigenvalue weighted by molar-refractivity contribution is -0.136. The highest BCUT2D eigenvalue weighted by Crippen LogP contribution is 2.25. The third-order valence-electron chi connectivity index (χ3n) is 2.51. The Labute approximate surface area is 92.3 Å². The maximum absolute atomic E-state index is 10.5. The Bertz CT molecular complexity index is 345. The van der Waals surface area contributed by atoms with Gasteiger partial charge in [0.05, 0.1) is 18.2 Å². The lowest BCUT2D eigenvalue weighted by Crippen LogP contribution is -2.26. The number of aromatic nitrogens is 1. The summed E-state index contributed by atoms with van der Waals surface area (Å²) >= 11 is 1.56. The monoisotopic (exact) mass is 226 g/mol. The van der Waals surface area contributed by atoms with E-state index >= 15 is 0 Å². The van der Waals surface area contributed by atoms with Crippen LogP contribution in [0.2, 0.25) is 0 Å². The standard InChI is InChI=1S/C10H14N2O2S/c13-9(14)5-7-6-15-10(12-7)8-3-1-2-4-11-8/h6,8,11H,1-5H2,(H,13,14). The topological polar surface area (TPSA) is 62.2 Å². The number of carbonyl (C=O) groups is 1. The van der Waals surface area contributed by atoms with Gasteiger partial charge in [-0.25, -0.2) is 4.98 Å². The highest BCUT2D eigenvalue weighted by molar-refractivity contribution is 7.09. The maximum atomic E-state index is 10.5. The third-order valence-corrected chi connectivity index (χ3v) is 3.52. The second kappa shape index (κ2) is 4.72. The summed E-state index contributed by atoms with van der Waals surface area (Å²) in [6.07, 6.45) is 3.60. The first kappa shape index (κ1) is 10.6. The number of hydrogen-bond donors (Lipinski definition) is 2. The van der Waals surface area contributed by atoms with Gasteiger partial charge in [0, 0.05) is 5.38 Å². The van der Waals surface area contributed by atoms with Crippen molar-refractivity contribution in [2.24, 2.45) is 0 Å². The van der Waals surface area contributed by atoms with E-state index in [0.29, 0.717) is 11.7 Å². The van der Waals surface area contributed by atoms with Crippen molar-refractivity contribution in [2.75, 3.05) is 6.54 Å². The van der Waals surface area contributed by atoms with Crippen molar-refractivity contribution in [3.8, 4) is 0 Å². The summed E-state index contributed by atoms with van der Waals surface area (Å²) in [5, 5.41) is 14.9. The molecule has 1 aliphatic heterocycles. The van der Waals surface area contributed by atoms with Crippen molar-refractivity contribution in [1.29, 1.82) is 0 Å². The van der Waals surface area contributed by atoms with Gasteiger partial charge in [0.25, 0.3) is 0 Å². The minimum Gasteiger partial charge on any atom is -0.481 e. The van der Waals surface area contributed by atoms with Crippen LogP contribution in [0.15, 0.2) is 5.38 Å². The number of piperidine rings is 1. The zero-order valence-corrected chi connectivity index (χ0v) is 9.22. The van der Waals surface area contributed by atoms with E-state index < -0.39 is 5.97 Å². The predicted molar refractivity (Wildman–Crippen MR) is 58.0 cm³/mol. The van der Waals surface area contributed by atoms with Crippen LogP contribution in [-0.4, -0.2) is 22.6 Å². The average Bonchev–Trinajstić information content (AvgIpc) is 2.67. The van der Waals surface area contributed by atoms with E-state index in [9.17, 15) is 4.79 Å². The largest absolute Gasteiger partial charge is 0.481 e. The maximum Gasteiger partial charge on any atom is 0.309 e. The zero-order valence-electron chi connectivity index (χ0n) is 8.40.